The summed E-state index contributed by atoms with van der Waals surface area (Å²) in [7, 11) is 3.79. The van der Waals surface area contributed by atoms with Crippen LogP contribution in [-0.4, -0.2) is 54.9 Å². The van der Waals surface area contributed by atoms with Gasteiger partial charge in [0.05, 0.1) is 13.0 Å². The highest BCUT2D eigenvalue weighted by Gasteiger charge is 2.42. The molecule has 1 saturated heterocycles. The Balaban J connectivity index is 1.56. The number of nitrogens with zero attached hydrogens (tertiary/aromatic N) is 2. The minimum Gasteiger partial charge on any atom is -0.494 e. The number of rotatable bonds is 5. The Morgan fingerprint density at radius 2 is 1.92 bits per heavy atom. The highest BCUT2D eigenvalue weighted by atomic mass is 16.5. The summed E-state index contributed by atoms with van der Waals surface area (Å²) in [6.45, 7) is 3.43. The van der Waals surface area contributed by atoms with Crippen LogP contribution < -0.4 is 4.74 Å². The summed E-state index contributed by atoms with van der Waals surface area (Å²) >= 11 is 0. The Kier molecular flexibility index (Phi) is 5.30. The zero-order valence-electron chi connectivity index (χ0n) is 15.4. The molecule has 5 heteroatoms. The molecule has 3 atom stereocenters. The summed E-state index contributed by atoms with van der Waals surface area (Å²) in [5.41, 5.74) is 1.01. The second kappa shape index (κ2) is 7.46. The summed E-state index contributed by atoms with van der Waals surface area (Å²) in [5.74, 6) is 2.20. The monoisotopic (exact) mass is 344 g/mol. The zero-order valence-corrected chi connectivity index (χ0v) is 15.4. The topological polar surface area (TPSA) is 49.9 Å². The van der Waals surface area contributed by atoms with Gasteiger partial charge in [0.25, 0.3) is 0 Å². The number of amides is 2. The van der Waals surface area contributed by atoms with Gasteiger partial charge in [-0.1, -0.05) is 12.1 Å². The van der Waals surface area contributed by atoms with E-state index < -0.39 is 0 Å². The maximum Gasteiger partial charge on any atom is 0.226 e. The number of benzene rings is 1. The maximum atomic E-state index is 12.7. The summed E-state index contributed by atoms with van der Waals surface area (Å²) in [6, 6.07) is 8.00. The molecule has 25 heavy (non-hydrogen) atoms. The van der Waals surface area contributed by atoms with Gasteiger partial charge in [-0.15, -0.1) is 0 Å². The lowest BCUT2D eigenvalue weighted by Crippen LogP contribution is -2.40. The van der Waals surface area contributed by atoms with Crippen molar-refractivity contribution in [2.24, 2.45) is 11.8 Å². The number of ether oxygens (including phenoxy) is 1. The molecule has 0 unspecified atom stereocenters. The van der Waals surface area contributed by atoms with Gasteiger partial charge in [-0.05, 0) is 49.3 Å². The maximum absolute atomic E-state index is 12.7. The van der Waals surface area contributed by atoms with Crippen molar-refractivity contribution < 1.29 is 14.3 Å². The first-order valence-electron chi connectivity index (χ1n) is 9.19. The second-order valence-electron chi connectivity index (χ2n) is 7.38. The standard InChI is InChI=1S/C20H28N2O3/c1-4-25-18-7-5-14(6-8-18)9-20(24)22(3)17-10-15-12-19(23)21(2)13-16(15)11-17/h5-8,15-17H,4,9-13H2,1-3H3/t15-,16+,17-/m0/s1. The summed E-state index contributed by atoms with van der Waals surface area (Å²) in [6.07, 6.45) is 3.01. The van der Waals surface area contributed by atoms with Crippen LogP contribution in [0.25, 0.3) is 0 Å². The molecule has 1 aliphatic heterocycles. The largest absolute Gasteiger partial charge is 0.494 e. The lowest BCUT2D eigenvalue weighted by Gasteiger charge is -2.31. The van der Waals surface area contributed by atoms with Gasteiger partial charge in [0.15, 0.2) is 0 Å². The molecular weight excluding hydrogens is 316 g/mol. The van der Waals surface area contributed by atoms with E-state index in [1.165, 1.54) is 0 Å². The number of carbonyl (C=O) groups is 2. The van der Waals surface area contributed by atoms with E-state index in [0.29, 0.717) is 31.3 Å². The number of fused-ring (bicyclic) bond motifs is 1. The smallest absolute Gasteiger partial charge is 0.226 e. The Bertz CT molecular complexity index is 628. The van der Waals surface area contributed by atoms with Crippen LogP contribution in [0.4, 0.5) is 0 Å². The fraction of sp³-hybridized carbons (Fsp3) is 0.600. The molecule has 0 N–H and O–H groups in total. The highest BCUT2D eigenvalue weighted by Crippen LogP contribution is 2.40. The van der Waals surface area contributed by atoms with Gasteiger partial charge in [0.1, 0.15) is 5.75 Å². The molecule has 1 saturated carbocycles. The molecule has 3 rings (SSSR count). The third-order valence-electron chi connectivity index (χ3n) is 5.72. The Morgan fingerprint density at radius 3 is 2.60 bits per heavy atom. The number of hydrogen-bond donors (Lipinski definition) is 0. The van der Waals surface area contributed by atoms with Crippen LogP contribution in [0.2, 0.25) is 0 Å². The normalized spacial score (nSPS) is 25.6. The fourth-order valence-corrected chi connectivity index (χ4v) is 4.18. The molecule has 2 amide bonds. The van der Waals surface area contributed by atoms with Crippen LogP contribution in [0.15, 0.2) is 24.3 Å². The summed E-state index contributed by atoms with van der Waals surface area (Å²) in [5, 5.41) is 0. The Labute approximate surface area is 149 Å². The number of likely N-dealkylation sites (tertiary alicyclic amines) is 1. The Hall–Kier alpha value is -2.04. The van der Waals surface area contributed by atoms with Crippen molar-refractivity contribution in [2.45, 2.75) is 38.6 Å². The van der Waals surface area contributed by atoms with Gasteiger partial charge in [0.2, 0.25) is 11.8 Å². The third-order valence-corrected chi connectivity index (χ3v) is 5.72. The predicted octanol–water partition coefficient (Wildman–Crippen LogP) is 2.34. The van der Waals surface area contributed by atoms with Gasteiger partial charge in [-0.2, -0.15) is 0 Å². The van der Waals surface area contributed by atoms with Crippen LogP contribution in [-0.2, 0) is 16.0 Å². The molecule has 1 aliphatic carbocycles. The molecule has 0 aromatic heterocycles. The second-order valence-corrected chi connectivity index (χ2v) is 7.38. The van der Waals surface area contributed by atoms with E-state index >= 15 is 0 Å². The lowest BCUT2D eigenvalue weighted by molar-refractivity contribution is -0.135. The van der Waals surface area contributed by atoms with Crippen molar-refractivity contribution in [3.63, 3.8) is 0 Å². The van der Waals surface area contributed by atoms with Crippen molar-refractivity contribution in [1.82, 2.24) is 9.80 Å². The molecule has 0 spiro atoms. The molecule has 1 heterocycles. The predicted molar refractivity (Wildman–Crippen MR) is 96.3 cm³/mol. The molecule has 136 valence electrons. The van der Waals surface area contributed by atoms with Crippen molar-refractivity contribution in [3.05, 3.63) is 29.8 Å². The van der Waals surface area contributed by atoms with Crippen LogP contribution in [0.1, 0.15) is 31.7 Å². The quantitative estimate of drug-likeness (QED) is 0.824. The van der Waals surface area contributed by atoms with Crippen LogP contribution in [0.3, 0.4) is 0 Å². The van der Waals surface area contributed by atoms with Gasteiger partial charge in [0, 0.05) is 33.1 Å². The van der Waals surface area contributed by atoms with E-state index in [-0.39, 0.29) is 17.9 Å². The van der Waals surface area contributed by atoms with Gasteiger partial charge >= 0.3 is 0 Å². The van der Waals surface area contributed by atoms with Gasteiger partial charge in [-0.25, -0.2) is 0 Å². The first-order chi connectivity index (χ1) is 12.0. The minimum atomic E-state index is 0.146. The number of carbonyl (C=O) groups excluding carboxylic acids is 2. The van der Waals surface area contributed by atoms with E-state index in [9.17, 15) is 9.59 Å². The SMILES string of the molecule is CCOc1ccc(CC(=O)N(C)[C@H]2C[C@H]3CC(=O)N(C)C[C@H]3C2)cc1. The minimum absolute atomic E-state index is 0.146. The molecule has 0 bridgehead atoms. The summed E-state index contributed by atoms with van der Waals surface area (Å²) in [4.78, 5) is 28.3. The number of hydrogen-bond acceptors (Lipinski definition) is 3. The summed E-state index contributed by atoms with van der Waals surface area (Å²) < 4.78 is 5.44. The van der Waals surface area contributed by atoms with Crippen LogP contribution >= 0.6 is 0 Å². The number of likely N-dealkylation sites (N-methyl/N-ethyl adjacent to an activating group) is 1. The van der Waals surface area contributed by atoms with Gasteiger partial charge in [-0.3, -0.25) is 9.59 Å². The van der Waals surface area contributed by atoms with E-state index in [4.69, 9.17) is 4.74 Å². The van der Waals surface area contributed by atoms with Crippen molar-refractivity contribution in [2.75, 3.05) is 27.2 Å². The van der Waals surface area contributed by atoms with Crippen LogP contribution in [0.5, 0.6) is 5.75 Å². The average Bonchev–Trinajstić information content (AvgIpc) is 2.99. The fourth-order valence-electron chi connectivity index (χ4n) is 4.18. The van der Waals surface area contributed by atoms with E-state index in [0.717, 1.165) is 30.7 Å². The first kappa shape index (κ1) is 17.8. The van der Waals surface area contributed by atoms with E-state index in [1.54, 1.807) is 0 Å². The van der Waals surface area contributed by atoms with Gasteiger partial charge < -0.3 is 14.5 Å². The number of piperidine rings is 1. The molecule has 1 aromatic rings. The third kappa shape index (κ3) is 3.97. The van der Waals surface area contributed by atoms with Crippen LogP contribution in [0, 0.1) is 11.8 Å². The molecule has 2 aliphatic rings. The van der Waals surface area contributed by atoms with E-state index in [1.807, 2.05) is 55.1 Å². The first-order valence-corrected chi connectivity index (χ1v) is 9.19. The lowest BCUT2D eigenvalue weighted by atomic mass is 9.88. The molecule has 1 aromatic carbocycles. The van der Waals surface area contributed by atoms with Crippen molar-refractivity contribution >= 4 is 11.8 Å². The highest BCUT2D eigenvalue weighted by molar-refractivity contribution is 5.79. The molecule has 2 fully saturated rings. The Morgan fingerprint density at radius 1 is 1.24 bits per heavy atom. The molecule has 0 radical (unpaired) electrons. The van der Waals surface area contributed by atoms with Crippen molar-refractivity contribution in [3.8, 4) is 5.75 Å². The average molecular weight is 344 g/mol. The zero-order chi connectivity index (χ0) is 18.0. The van der Waals surface area contributed by atoms with E-state index in [2.05, 4.69) is 0 Å². The molecule has 5 nitrogen and oxygen atoms in total. The molecular formula is C20H28N2O3. The van der Waals surface area contributed by atoms with Crippen molar-refractivity contribution in [1.29, 1.82) is 0 Å².